The summed E-state index contributed by atoms with van der Waals surface area (Å²) in [5.74, 6) is 1.01. The van der Waals surface area contributed by atoms with E-state index in [9.17, 15) is 14.9 Å². The second kappa shape index (κ2) is 9.51. The third-order valence-electron chi connectivity index (χ3n) is 6.34. The summed E-state index contributed by atoms with van der Waals surface area (Å²) in [7, 11) is 0. The van der Waals surface area contributed by atoms with Gasteiger partial charge >= 0.3 is 0 Å². The number of likely N-dealkylation sites (tertiary alicyclic amines) is 1. The molecule has 3 heterocycles. The van der Waals surface area contributed by atoms with Gasteiger partial charge in [-0.3, -0.25) is 19.8 Å². The monoisotopic (exact) mass is 426 g/mol. The van der Waals surface area contributed by atoms with E-state index in [1.54, 1.807) is 18.4 Å². The van der Waals surface area contributed by atoms with E-state index in [2.05, 4.69) is 22.0 Å². The lowest BCUT2D eigenvalue weighted by atomic mass is 9.99. The van der Waals surface area contributed by atoms with Gasteiger partial charge in [-0.15, -0.1) is 0 Å². The summed E-state index contributed by atoms with van der Waals surface area (Å²) in [6.07, 6.45) is 6.06. The van der Waals surface area contributed by atoms with Gasteiger partial charge in [-0.2, -0.15) is 0 Å². The van der Waals surface area contributed by atoms with Crippen LogP contribution in [0.1, 0.15) is 54.8 Å². The van der Waals surface area contributed by atoms with Crippen LogP contribution in [0.5, 0.6) is 0 Å². The molecule has 2 aliphatic heterocycles. The number of piperidine rings is 1. The van der Waals surface area contributed by atoms with E-state index in [0.717, 1.165) is 57.6 Å². The number of nitrogens with zero attached hydrogens (tertiary/aromatic N) is 3. The molecular formula is C23H30N4O4. The van der Waals surface area contributed by atoms with Crippen molar-refractivity contribution < 1.29 is 14.1 Å². The van der Waals surface area contributed by atoms with Crippen LogP contribution in [0.25, 0.3) is 0 Å². The van der Waals surface area contributed by atoms with E-state index in [-0.39, 0.29) is 22.6 Å². The van der Waals surface area contributed by atoms with Crippen LogP contribution < -0.4 is 10.2 Å². The normalized spacial score (nSPS) is 20.5. The fourth-order valence-electron chi connectivity index (χ4n) is 4.72. The second-order valence-electron chi connectivity index (χ2n) is 8.64. The third kappa shape index (κ3) is 4.90. The van der Waals surface area contributed by atoms with Crippen LogP contribution in [-0.2, 0) is 0 Å². The molecule has 0 saturated carbocycles. The molecule has 1 aromatic heterocycles. The molecule has 1 amide bonds. The van der Waals surface area contributed by atoms with Gasteiger partial charge in [-0.25, -0.2) is 0 Å². The number of hydrogen-bond donors (Lipinski definition) is 1. The van der Waals surface area contributed by atoms with Crippen molar-refractivity contribution in [1.29, 1.82) is 0 Å². The number of amides is 1. The van der Waals surface area contributed by atoms with Crippen LogP contribution in [0, 0.1) is 16.0 Å². The Labute approximate surface area is 182 Å². The Morgan fingerprint density at radius 1 is 1.26 bits per heavy atom. The fourth-order valence-corrected chi connectivity index (χ4v) is 4.72. The van der Waals surface area contributed by atoms with Crippen LogP contribution >= 0.6 is 0 Å². The summed E-state index contributed by atoms with van der Waals surface area (Å²) in [6, 6.07) is 8.55. The third-order valence-corrected chi connectivity index (χ3v) is 6.34. The number of hydrogen-bond acceptors (Lipinski definition) is 6. The van der Waals surface area contributed by atoms with E-state index in [4.69, 9.17) is 4.42 Å². The predicted octanol–water partition coefficient (Wildman–Crippen LogP) is 3.99. The highest BCUT2D eigenvalue weighted by atomic mass is 16.6. The van der Waals surface area contributed by atoms with Gasteiger partial charge in [0.05, 0.1) is 17.2 Å². The van der Waals surface area contributed by atoms with E-state index in [1.807, 2.05) is 12.1 Å². The van der Waals surface area contributed by atoms with E-state index >= 15 is 0 Å². The predicted molar refractivity (Wildman–Crippen MR) is 118 cm³/mol. The van der Waals surface area contributed by atoms with Crippen LogP contribution in [0.2, 0.25) is 0 Å². The highest BCUT2D eigenvalue weighted by Gasteiger charge is 2.28. The van der Waals surface area contributed by atoms with Crippen LogP contribution in [0.15, 0.2) is 41.0 Å². The molecule has 0 aliphatic carbocycles. The Morgan fingerprint density at radius 3 is 2.74 bits per heavy atom. The summed E-state index contributed by atoms with van der Waals surface area (Å²) in [5, 5.41) is 14.7. The van der Waals surface area contributed by atoms with E-state index in [0.29, 0.717) is 23.7 Å². The Hall–Kier alpha value is -2.87. The zero-order chi connectivity index (χ0) is 21.8. The molecule has 31 heavy (non-hydrogen) atoms. The highest BCUT2D eigenvalue weighted by molar-refractivity contribution is 5.95. The maximum Gasteiger partial charge on any atom is 0.293 e. The Kier molecular flexibility index (Phi) is 6.56. The molecule has 2 fully saturated rings. The maximum atomic E-state index is 12.9. The minimum absolute atomic E-state index is 0.0103. The minimum atomic E-state index is -0.388. The highest BCUT2D eigenvalue weighted by Crippen LogP contribution is 2.32. The summed E-state index contributed by atoms with van der Waals surface area (Å²) >= 11 is 0. The van der Waals surface area contributed by atoms with Gasteiger partial charge in [0.25, 0.3) is 11.6 Å². The second-order valence-corrected chi connectivity index (χ2v) is 8.64. The van der Waals surface area contributed by atoms with Gasteiger partial charge < -0.3 is 14.6 Å². The number of carbonyl (C=O) groups is 1. The molecule has 1 aromatic carbocycles. The summed E-state index contributed by atoms with van der Waals surface area (Å²) in [4.78, 5) is 28.6. The molecule has 1 N–H and O–H groups in total. The topological polar surface area (TPSA) is 91.9 Å². The van der Waals surface area contributed by atoms with Gasteiger partial charge in [0.2, 0.25) is 0 Å². The lowest BCUT2D eigenvalue weighted by Gasteiger charge is -2.32. The molecule has 2 unspecified atom stereocenters. The van der Waals surface area contributed by atoms with Gasteiger partial charge in [-0.1, -0.05) is 6.92 Å². The lowest BCUT2D eigenvalue weighted by molar-refractivity contribution is -0.384. The number of furan rings is 1. The largest absolute Gasteiger partial charge is 0.468 e. The zero-order valence-corrected chi connectivity index (χ0v) is 18.0. The number of carbonyl (C=O) groups excluding carboxylic acids is 1. The van der Waals surface area contributed by atoms with Gasteiger partial charge in [0.1, 0.15) is 11.4 Å². The molecule has 2 atom stereocenters. The Morgan fingerprint density at radius 2 is 2.06 bits per heavy atom. The lowest BCUT2D eigenvalue weighted by Crippen LogP contribution is -2.37. The standard InChI is InChI=1S/C23H30N4O4/c1-17-6-4-12-26(16-17)19-9-8-18(14-20(19)27(29)30)23(28)24-15-21(22-7-5-13-31-22)25-10-2-3-11-25/h5,7-9,13-14,17,21H,2-4,6,10-12,15-16H2,1H3,(H,24,28). The summed E-state index contributed by atoms with van der Waals surface area (Å²) in [5.41, 5.74) is 0.891. The molecular weight excluding hydrogens is 396 g/mol. The average molecular weight is 427 g/mol. The molecule has 166 valence electrons. The Bertz CT molecular complexity index is 908. The Balaban J connectivity index is 1.48. The quantitative estimate of drug-likeness (QED) is 0.532. The van der Waals surface area contributed by atoms with Crippen molar-refractivity contribution in [3.8, 4) is 0 Å². The van der Waals surface area contributed by atoms with Crippen molar-refractivity contribution in [2.45, 2.75) is 38.6 Å². The van der Waals surface area contributed by atoms with Crippen molar-refractivity contribution >= 4 is 17.3 Å². The first-order chi connectivity index (χ1) is 15.0. The van der Waals surface area contributed by atoms with Crippen molar-refractivity contribution in [2.75, 3.05) is 37.6 Å². The molecule has 2 saturated heterocycles. The van der Waals surface area contributed by atoms with Crippen molar-refractivity contribution in [2.24, 2.45) is 5.92 Å². The number of anilines is 1. The summed E-state index contributed by atoms with van der Waals surface area (Å²) in [6.45, 7) is 6.09. The molecule has 8 heteroatoms. The number of nitro groups is 1. The van der Waals surface area contributed by atoms with E-state index < -0.39 is 0 Å². The van der Waals surface area contributed by atoms with Crippen molar-refractivity contribution in [3.63, 3.8) is 0 Å². The van der Waals surface area contributed by atoms with Crippen LogP contribution in [0.4, 0.5) is 11.4 Å². The molecule has 2 aliphatic rings. The number of benzene rings is 1. The first-order valence-corrected chi connectivity index (χ1v) is 11.1. The van der Waals surface area contributed by atoms with Gasteiger partial charge in [-0.05, 0) is 69.0 Å². The molecule has 0 radical (unpaired) electrons. The first kappa shape index (κ1) is 21.4. The molecule has 8 nitrogen and oxygen atoms in total. The van der Waals surface area contributed by atoms with Crippen LogP contribution in [-0.4, -0.2) is 48.5 Å². The van der Waals surface area contributed by atoms with Gasteiger partial charge in [0.15, 0.2) is 0 Å². The average Bonchev–Trinajstić information content (AvgIpc) is 3.48. The molecule has 0 bridgehead atoms. The van der Waals surface area contributed by atoms with Crippen LogP contribution in [0.3, 0.4) is 0 Å². The van der Waals surface area contributed by atoms with Crippen molar-refractivity contribution in [1.82, 2.24) is 10.2 Å². The zero-order valence-electron chi connectivity index (χ0n) is 18.0. The number of nitrogens with one attached hydrogen (secondary N) is 1. The van der Waals surface area contributed by atoms with Crippen molar-refractivity contribution in [3.05, 3.63) is 58.0 Å². The van der Waals surface area contributed by atoms with Gasteiger partial charge in [0, 0.05) is 31.3 Å². The maximum absolute atomic E-state index is 12.9. The number of rotatable bonds is 7. The molecule has 4 rings (SSSR count). The van der Waals surface area contributed by atoms with E-state index in [1.165, 1.54) is 6.07 Å². The minimum Gasteiger partial charge on any atom is -0.468 e. The molecule has 0 spiro atoms. The smallest absolute Gasteiger partial charge is 0.293 e. The fraction of sp³-hybridized carbons (Fsp3) is 0.522. The number of nitro benzene ring substituents is 1. The molecule has 2 aromatic rings. The summed E-state index contributed by atoms with van der Waals surface area (Å²) < 4.78 is 5.60. The SMILES string of the molecule is CC1CCCN(c2ccc(C(=O)NCC(c3ccco3)N3CCCC3)cc2[N+](=O)[O-])C1. The first-order valence-electron chi connectivity index (χ1n) is 11.1.